The lowest BCUT2D eigenvalue weighted by Gasteiger charge is -2.32. The Labute approximate surface area is 132 Å². The molecule has 0 atom stereocenters. The minimum absolute atomic E-state index is 0.0700. The Hall–Kier alpha value is 0.0400. The summed E-state index contributed by atoms with van der Waals surface area (Å²) in [6, 6.07) is 1.46. The third-order valence-electron chi connectivity index (χ3n) is 2.63. The van der Waals surface area contributed by atoms with Crippen molar-refractivity contribution in [2.24, 2.45) is 0 Å². The fourth-order valence-corrected chi connectivity index (χ4v) is 7.11. The zero-order valence-electron chi connectivity index (χ0n) is 10.5. The van der Waals surface area contributed by atoms with Gasteiger partial charge in [-0.1, -0.05) is 6.92 Å². The maximum Gasteiger partial charge on any atom is 0.324 e. The number of hydrogen-bond acceptors (Lipinski definition) is 4. The molecular formula is C10H13Br2NO4S2. The van der Waals surface area contributed by atoms with Crippen molar-refractivity contribution in [3.05, 3.63) is 13.6 Å². The topological polar surface area (TPSA) is 74.7 Å². The van der Waals surface area contributed by atoms with Crippen molar-refractivity contribution in [3.8, 4) is 0 Å². The number of carboxylic acids is 1. The summed E-state index contributed by atoms with van der Waals surface area (Å²) < 4.78 is 27.2. The molecule has 0 saturated carbocycles. The first-order valence-electron chi connectivity index (χ1n) is 5.26. The van der Waals surface area contributed by atoms with Gasteiger partial charge in [0.25, 0.3) is 0 Å². The number of nitrogens with zero attached hydrogens (tertiary/aromatic N) is 1. The van der Waals surface area contributed by atoms with Gasteiger partial charge in [0, 0.05) is 6.54 Å². The zero-order valence-corrected chi connectivity index (χ0v) is 15.3. The van der Waals surface area contributed by atoms with Crippen LogP contribution in [0.25, 0.3) is 0 Å². The third-order valence-corrected chi connectivity index (χ3v) is 7.53. The van der Waals surface area contributed by atoms with Crippen LogP contribution >= 0.6 is 43.2 Å². The van der Waals surface area contributed by atoms with Crippen LogP contribution in [0.3, 0.4) is 0 Å². The van der Waals surface area contributed by atoms with Crippen molar-refractivity contribution >= 4 is 59.2 Å². The van der Waals surface area contributed by atoms with Gasteiger partial charge in [0.05, 0.1) is 7.57 Å². The molecule has 0 saturated heterocycles. The normalized spacial score (nSPS) is 12.9. The van der Waals surface area contributed by atoms with Crippen LogP contribution in [0.5, 0.6) is 0 Å². The van der Waals surface area contributed by atoms with Gasteiger partial charge in [0.2, 0.25) is 10.0 Å². The minimum atomic E-state index is -3.88. The molecule has 0 amide bonds. The molecule has 1 aromatic heterocycles. The number of halogens is 2. The number of likely N-dealkylation sites (N-methyl/N-ethyl adjacent to an activating group) is 1. The van der Waals surface area contributed by atoms with E-state index in [0.29, 0.717) is 7.57 Å². The zero-order chi connectivity index (χ0) is 15.0. The van der Waals surface area contributed by atoms with Crippen LogP contribution in [-0.2, 0) is 14.8 Å². The van der Waals surface area contributed by atoms with Crippen LogP contribution < -0.4 is 0 Å². The molecule has 0 fully saturated rings. The van der Waals surface area contributed by atoms with Gasteiger partial charge in [-0.25, -0.2) is 8.42 Å². The molecule has 0 aliphatic heterocycles. The monoisotopic (exact) mass is 433 g/mol. The highest BCUT2D eigenvalue weighted by Gasteiger charge is 2.42. The molecule has 0 bridgehead atoms. The Balaban J connectivity index is 3.40. The maximum absolute atomic E-state index is 12.6. The fourth-order valence-electron chi connectivity index (χ4n) is 1.59. The van der Waals surface area contributed by atoms with Gasteiger partial charge in [-0.15, -0.1) is 11.3 Å². The summed E-state index contributed by atoms with van der Waals surface area (Å²) in [4.78, 5) is 11.3. The number of carbonyl (C=O) groups is 1. The van der Waals surface area contributed by atoms with E-state index in [1.54, 1.807) is 6.92 Å². The highest BCUT2D eigenvalue weighted by atomic mass is 79.9. The van der Waals surface area contributed by atoms with Crippen LogP contribution in [0.4, 0.5) is 0 Å². The standard InChI is InChI=1S/C10H13Br2NO4S2/c1-4-13(10(2,3)9(14)15)19(16,17)6-5-7(11)18-8(6)12/h5H,4H2,1-3H3,(H,14,15). The molecule has 5 nitrogen and oxygen atoms in total. The molecule has 0 radical (unpaired) electrons. The molecule has 9 heteroatoms. The average Bonchev–Trinajstić information content (AvgIpc) is 2.58. The summed E-state index contributed by atoms with van der Waals surface area (Å²) in [5.74, 6) is -1.19. The molecule has 0 aliphatic carbocycles. The molecule has 1 N–H and O–H groups in total. The molecule has 0 spiro atoms. The summed E-state index contributed by atoms with van der Waals surface area (Å²) in [6.45, 7) is 4.41. The van der Waals surface area contributed by atoms with E-state index in [0.717, 1.165) is 4.31 Å². The van der Waals surface area contributed by atoms with E-state index in [2.05, 4.69) is 31.9 Å². The maximum atomic E-state index is 12.6. The molecule has 108 valence electrons. The van der Waals surface area contributed by atoms with Crippen molar-refractivity contribution in [2.75, 3.05) is 6.54 Å². The summed E-state index contributed by atoms with van der Waals surface area (Å²) >= 11 is 7.63. The molecule has 19 heavy (non-hydrogen) atoms. The molecular weight excluding hydrogens is 422 g/mol. The van der Waals surface area contributed by atoms with E-state index < -0.39 is 21.5 Å². The first-order valence-corrected chi connectivity index (χ1v) is 9.10. The van der Waals surface area contributed by atoms with Gasteiger partial charge < -0.3 is 5.11 Å². The Morgan fingerprint density at radius 1 is 1.47 bits per heavy atom. The van der Waals surface area contributed by atoms with Crippen LogP contribution in [0.15, 0.2) is 18.5 Å². The first kappa shape index (κ1) is 17.1. The van der Waals surface area contributed by atoms with Crippen molar-refractivity contribution < 1.29 is 18.3 Å². The predicted octanol–water partition coefficient (Wildman–Crippen LogP) is 3.15. The molecule has 0 aromatic carbocycles. The molecule has 1 heterocycles. The summed E-state index contributed by atoms with van der Waals surface area (Å²) in [5.41, 5.74) is -1.51. The van der Waals surface area contributed by atoms with Gasteiger partial charge in [0.15, 0.2) is 0 Å². The second-order valence-corrected chi connectivity index (χ2v) is 9.80. The van der Waals surface area contributed by atoms with E-state index in [4.69, 9.17) is 0 Å². The van der Waals surface area contributed by atoms with Crippen molar-refractivity contribution in [1.29, 1.82) is 0 Å². The number of rotatable bonds is 5. The van der Waals surface area contributed by atoms with Crippen molar-refractivity contribution in [3.63, 3.8) is 0 Å². The minimum Gasteiger partial charge on any atom is -0.480 e. The van der Waals surface area contributed by atoms with Gasteiger partial charge in [-0.05, 0) is 51.8 Å². The van der Waals surface area contributed by atoms with E-state index in [9.17, 15) is 18.3 Å². The third kappa shape index (κ3) is 3.21. The number of thiophene rings is 1. The lowest BCUT2D eigenvalue weighted by atomic mass is 10.1. The Kier molecular flexibility index (Phi) is 5.22. The van der Waals surface area contributed by atoms with Gasteiger partial charge in [-0.2, -0.15) is 4.31 Å². The van der Waals surface area contributed by atoms with E-state index in [1.165, 1.54) is 31.3 Å². The number of sulfonamides is 1. The lowest BCUT2D eigenvalue weighted by molar-refractivity contribution is -0.146. The van der Waals surface area contributed by atoms with Crippen LogP contribution in [-0.4, -0.2) is 35.9 Å². The number of aliphatic carboxylic acids is 1. The Morgan fingerprint density at radius 2 is 2.00 bits per heavy atom. The lowest BCUT2D eigenvalue weighted by Crippen LogP contribution is -2.52. The molecule has 1 aromatic rings. The van der Waals surface area contributed by atoms with Crippen LogP contribution in [0.2, 0.25) is 0 Å². The average molecular weight is 435 g/mol. The van der Waals surface area contributed by atoms with E-state index in [-0.39, 0.29) is 11.4 Å². The summed E-state index contributed by atoms with van der Waals surface area (Å²) in [7, 11) is -3.88. The Morgan fingerprint density at radius 3 is 2.32 bits per heavy atom. The van der Waals surface area contributed by atoms with Gasteiger partial charge >= 0.3 is 5.97 Å². The smallest absolute Gasteiger partial charge is 0.324 e. The number of carboxylic acid groups (broad SMARTS) is 1. The second kappa shape index (κ2) is 5.80. The highest BCUT2D eigenvalue weighted by Crippen LogP contribution is 2.37. The first-order chi connectivity index (χ1) is 8.55. The van der Waals surface area contributed by atoms with Gasteiger partial charge in [0.1, 0.15) is 10.4 Å². The van der Waals surface area contributed by atoms with Crippen molar-refractivity contribution in [2.45, 2.75) is 31.2 Å². The number of hydrogen-bond donors (Lipinski definition) is 1. The van der Waals surface area contributed by atoms with E-state index in [1.807, 2.05) is 0 Å². The largest absolute Gasteiger partial charge is 0.480 e. The summed E-state index contributed by atoms with van der Waals surface area (Å²) in [6.07, 6.45) is 0. The van der Waals surface area contributed by atoms with Crippen molar-refractivity contribution in [1.82, 2.24) is 4.31 Å². The summed E-state index contributed by atoms with van der Waals surface area (Å²) in [5, 5.41) is 9.20. The quantitative estimate of drug-likeness (QED) is 0.772. The Bertz CT molecular complexity index is 595. The SMILES string of the molecule is CCN(C(C)(C)C(=O)O)S(=O)(=O)c1cc(Br)sc1Br. The van der Waals surface area contributed by atoms with Crippen LogP contribution in [0, 0.1) is 0 Å². The second-order valence-electron chi connectivity index (χ2n) is 4.22. The molecule has 0 unspecified atom stereocenters. The molecule has 1 rings (SSSR count). The highest BCUT2D eigenvalue weighted by molar-refractivity contribution is 9.12. The fraction of sp³-hybridized carbons (Fsp3) is 0.500. The van der Waals surface area contributed by atoms with Gasteiger partial charge in [-0.3, -0.25) is 4.79 Å². The van der Waals surface area contributed by atoms with E-state index >= 15 is 0 Å². The predicted molar refractivity (Wildman–Crippen MR) is 81.0 cm³/mol. The molecule has 0 aliphatic rings. The van der Waals surface area contributed by atoms with Crippen LogP contribution in [0.1, 0.15) is 20.8 Å².